The van der Waals surface area contributed by atoms with Crippen LogP contribution in [0.25, 0.3) is 0 Å². The van der Waals surface area contributed by atoms with Gasteiger partial charge in [-0.15, -0.1) is 13.2 Å². The topological polar surface area (TPSA) is 55.1 Å². The molecule has 0 saturated carbocycles. The highest BCUT2D eigenvalue weighted by molar-refractivity contribution is 5.33. The van der Waals surface area contributed by atoms with Gasteiger partial charge in [0, 0.05) is 25.8 Å². The molecule has 0 unspecified atom stereocenters. The number of methoxy groups -OCH3 is 2. The van der Waals surface area contributed by atoms with Crippen molar-refractivity contribution in [1.29, 1.82) is 0 Å². The highest BCUT2D eigenvalue weighted by Gasteiger charge is 2.31. The maximum atomic E-state index is 11.2. The van der Waals surface area contributed by atoms with Crippen LogP contribution in [0.1, 0.15) is 42.8 Å². The van der Waals surface area contributed by atoms with E-state index in [4.69, 9.17) is 13.9 Å². The largest absolute Gasteiger partial charge is 0.496 e. The third-order valence-electron chi connectivity index (χ3n) is 5.22. The Morgan fingerprint density at radius 2 is 1.73 bits per heavy atom. The van der Waals surface area contributed by atoms with Gasteiger partial charge in [0.2, 0.25) is 0 Å². The normalized spacial score (nSPS) is 11.6. The Morgan fingerprint density at radius 3 is 2.37 bits per heavy atom. The number of benzene rings is 1. The number of rotatable bonds is 15. The van der Waals surface area contributed by atoms with Crippen LogP contribution < -0.4 is 4.74 Å². The molecule has 1 N–H and O–H groups in total. The SMILES string of the molecule is C=CCCC(O)(CCC=C)c1ccc(CN(CCOC)Cc2ccccc2OC)o1. The lowest BCUT2D eigenvalue weighted by Gasteiger charge is -2.25. The maximum absolute atomic E-state index is 11.2. The van der Waals surface area contributed by atoms with E-state index in [-0.39, 0.29) is 0 Å². The minimum Gasteiger partial charge on any atom is -0.496 e. The van der Waals surface area contributed by atoms with Gasteiger partial charge in [-0.25, -0.2) is 0 Å². The first-order valence-electron chi connectivity index (χ1n) is 10.4. The fourth-order valence-electron chi connectivity index (χ4n) is 3.50. The predicted octanol–water partition coefficient (Wildman–Crippen LogP) is 5.06. The lowest BCUT2D eigenvalue weighted by atomic mass is 9.89. The van der Waals surface area contributed by atoms with Crippen molar-refractivity contribution in [2.24, 2.45) is 0 Å². The second-order valence-corrected chi connectivity index (χ2v) is 7.47. The number of furan rings is 1. The molecule has 0 aliphatic carbocycles. The minimum atomic E-state index is -1.01. The second kappa shape index (κ2) is 12.4. The molecule has 0 fully saturated rings. The van der Waals surface area contributed by atoms with Gasteiger partial charge in [-0.3, -0.25) is 4.90 Å². The second-order valence-electron chi connectivity index (χ2n) is 7.47. The number of para-hydroxylation sites is 1. The van der Waals surface area contributed by atoms with E-state index < -0.39 is 5.60 Å². The summed E-state index contributed by atoms with van der Waals surface area (Å²) >= 11 is 0. The van der Waals surface area contributed by atoms with Gasteiger partial charge in [0.05, 0.1) is 20.3 Å². The van der Waals surface area contributed by atoms with Crippen LogP contribution in [-0.4, -0.2) is 37.4 Å². The summed E-state index contributed by atoms with van der Waals surface area (Å²) in [4.78, 5) is 2.25. The summed E-state index contributed by atoms with van der Waals surface area (Å²) in [6.07, 6.45) is 6.23. The Bertz CT molecular complexity index is 771. The van der Waals surface area contributed by atoms with Crippen molar-refractivity contribution in [3.63, 3.8) is 0 Å². The smallest absolute Gasteiger partial charge is 0.135 e. The summed E-state index contributed by atoms with van der Waals surface area (Å²) in [5, 5.41) is 11.2. The van der Waals surface area contributed by atoms with Crippen molar-refractivity contribution < 1.29 is 19.0 Å². The first-order valence-corrected chi connectivity index (χ1v) is 10.4. The van der Waals surface area contributed by atoms with Crippen LogP contribution in [0.4, 0.5) is 0 Å². The van der Waals surface area contributed by atoms with Crippen LogP contribution in [-0.2, 0) is 23.4 Å². The predicted molar refractivity (Wildman–Crippen MR) is 120 cm³/mol. The summed E-state index contributed by atoms with van der Waals surface area (Å²) in [5.41, 5.74) is 0.0945. The Labute approximate surface area is 180 Å². The number of allylic oxidation sites excluding steroid dienone is 2. The van der Waals surface area contributed by atoms with E-state index in [0.717, 1.165) is 36.5 Å². The summed E-state index contributed by atoms with van der Waals surface area (Å²) in [5.74, 6) is 2.28. The molecule has 2 rings (SSSR count). The van der Waals surface area contributed by atoms with E-state index in [9.17, 15) is 5.11 Å². The number of aliphatic hydroxyl groups is 1. The van der Waals surface area contributed by atoms with Gasteiger partial charge in [0.1, 0.15) is 22.9 Å². The zero-order chi connectivity index (χ0) is 21.8. The van der Waals surface area contributed by atoms with Gasteiger partial charge in [0.15, 0.2) is 0 Å². The molecule has 0 saturated heterocycles. The van der Waals surface area contributed by atoms with Crippen LogP contribution >= 0.6 is 0 Å². The van der Waals surface area contributed by atoms with Gasteiger partial charge >= 0.3 is 0 Å². The molecule has 30 heavy (non-hydrogen) atoms. The monoisotopic (exact) mass is 413 g/mol. The fourth-order valence-corrected chi connectivity index (χ4v) is 3.50. The van der Waals surface area contributed by atoms with Crippen molar-refractivity contribution in [3.8, 4) is 5.75 Å². The van der Waals surface area contributed by atoms with Gasteiger partial charge in [-0.2, -0.15) is 0 Å². The van der Waals surface area contributed by atoms with E-state index >= 15 is 0 Å². The summed E-state index contributed by atoms with van der Waals surface area (Å²) < 4.78 is 16.9. The Kier molecular flexibility index (Phi) is 9.87. The van der Waals surface area contributed by atoms with Crippen molar-refractivity contribution in [2.45, 2.75) is 44.4 Å². The standard InChI is InChI=1S/C25H35NO4/c1-5-7-15-25(27,16-8-6-2)24-14-13-22(30-24)20-26(17-18-28-3)19-21-11-9-10-12-23(21)29-4/h5-6,9-14,27H,1-2,7-8,15-20H2,3-4H3. The number of hydrogen-bond donors (Lipinski definition) is 1. The average Bonchev–Trinajstić information content (AvgIpc) is 3.24. The third kappa shape index (κ3) is 6.87. The highest BCUT2D eigenvalue weighted by Crippen LogP contribution is 2.33. The molecule has 0 radical (unpaired) electrons. The summed E-state index contributed by atoms with van der Waals surface area (Å²) in [7, 11) is 3.38. The molecule has 1 heterocycles. The quantitative estimate of drug-likeness (QED) is 0.414. The molecule has 5 heteroatoms. The van der Waals surface area contributed by atoms with Crippen molar-refractivity contribution in [3.05, 3.63) is 78.8 Å². The number of ether oxygens (including phenoxy) is 2. The van der Waals surface area contributed by atoms with Crippen LogP contribution in [0.15, 0.2) is 66.1 Å². The first-order chi connectivity index (χ1) is 14.6. The Balaban J connectivity index is 2.16. The van der Waals surface area contributed by atoms with Crippen molar-refractivity contribution in [2.75, 3.05) is 27.4 Å². The van der Waals surface area contributed by atoms with Gasteiger partial charge in [-0.1, -0.05) is 30.4 Å². The number of hydrogen-bond acceptors (Lipinski definition) is 5. The molecule has 5 nitrogen and oxygen atoms in total. The lowest BCUT2D eigenvalue weighted by Crippen LogP contribution is -2.27. The lowest BCUT2D eigenvalue weighted by molar-refractivity contribution is -0.00228. The molecule has 0 aliphatic rings. The summed E-state index contributed by atoms with van der Waals surface area (Å²) in [6, 6.07) is 11.8. The molecular formula is C25H35NO4. The highest BCUT2D eigenvalue weighted by atomic mass is 16.5. The maximum Gasteiger partial charge on any atom is 0.135 e. The summed E-state index contributed by atoms with van der Waals surface area (Å²) in [6.45, 7) is 10.2. The fraction of sp³-hybridized carbons (Fsp3) is 0.440. The Hall–Kier alpha value is -2.34. The van der Waals surface area contributed by atoms with Gasteiger partial charge < -0.3 is 19.0 Å². The van der Waals surface area contributed by atoms with Gasteiger partial charge in [0.25, 0.3) is 0 Å². The number of nitrogens with zero attached hydrogens (tertiary/aromatic N) is 1. The van der Waals surface area contributed by atoms with E-state index in [1.807, 2.05) is 42.5 Å². The van der Waals surface area contributed by atoms with E-state index in [2.05, 4.69) is 24.1 Å². The zero-order valence-electron chi connectivity index (χ0n) is 18.3. The minimum absolute atomic E-state index is 0.575. The molecule has 2 aromatic rings. The molecule has 164 valence electrons. The molecule has 0 spiro atoms. The van der Waals surface area contributed by atoms with E-state index in [0.29, 0.717) is 38.3 Å². The van der Waals surface area contributed by atoms with Crippen molar-refractivity contribution >= 4 is 0 Å². The molecule has 1 aromatic carbocycles. The molecule has 1 aromatic heterocycles. The Morgan fingerprint density at radius 1 is 1.03 bits per heavy atom. The van der Waals surface area contributed by atoms with E-state index in [1.54, 1.807) is 14.2 Å². The van der Waals surface area contributed by atoms with Crippen LogP contribution in [0, 0.1) is 0 Å². The molecular weight excluding hydrogens is 378 g/mol. The van der Waals surface area contributed by atoms with Crippen LogP contribution in [0.3, 0.4) is 0 Å². The average molecular weight is 414 g/mol. The zero-order valence-corrected chi connectivity index (χ0v) is 18.3. The first kappa shape index (κ1) is 23.9. The molecule has 0 atom stereocenters. The molecule has 0 amide bonds. The molecule has 0 aliphatic heterocycles. The van der Waals surface area contributed by atoms with Crippen LogP contribution in [0.2, 0.25) is 0 Å². The van der Waals surface area contributed by atoms with Crippen molar-refractivity contribution in [1.82, 2.24) is 4.90 Å². The van der Waals surface area contributed by atoms with Crippen LogP contribution in [0.5, 0.6) is 5.75 Å². The van der Waals surface area contributed by atoms with E-state index in [1.165, 1.54) is 0 Å². The molecule has 0 bridgehead atoms. The third-order valence-corrected chi connectivity index (χ3v) is 5.22. The van der Waals surface area contributed by atoms with Gasteiger partial charge in [-0.05, 0) is 43.9 Å².